The van der Waals surface area contributed by atoms with E-state index >= 15 is 0 Å². The van der Waals surface area contributed by atoms with Crippen LogP contribution in [0.5, 0.6) is 5.75 Å². The number of nitrogens with one attached hydrogen (secondary N) is 1. The van der Waals surface area contributed by atoms with Gasteiger partial charge < -0.3 is 27.4 Å². The fraction of sp³-hybridized carbons (Fsp3) is 0.533. The highest BCUT2D eigenvalue weighted by molar-refractivity contribution is 5.95. The lowest BCUT2D eigenvalue weighted by molar-refractivity contribution is -0.274. The number of amides is 1. The molecule has 4 nitrogen and oxygen atoms in total. The zero-order valence-corrected chi connectivity index (χ0v) is 13.5. The summed E-state index contributed by atoms with van der Waals surface area (Å²) in [6.07, 6.45) is -1.72. The average molecular weight is 352 g/mol. The summed E-state index contributed by atoms with van der Waals surface area (Å²) in [6.45, 7) is 2.73. The van der Waals surface area contributed by atoms with Gasteiger partial charge in [0.05, 0.1) is 6.54 Å². The molecule has 0 saturated carbocycles. The van der Waals surface area contributed by atoms with Crippen molar-refractivity contribution in [2.45, 2.75) is 38.6 Å². The van der Waals surface area contributed by atoms with Crippen molar-refractivity contribution in [1.82, 2.24) is 5.32 Å². The summed E-state index contributed by atoms with van der Waals surface area (Å²) in [4.78, 5) is 13.5. The standard InChI is InChI=1S/C15H19F3N2O2.ClH/c1-2-3-5-11-10-20(14(21)9-19-11)12-6-4-7-13(8-12)22-15(16,17)18;/h4,6-8,11,19H,2-3,5,9-10H2,1H3;1H/p-1. The molecule has 0 aromatic heterocycles. The number of alkyl halides is 3. The molecule has 1 aromatic rings. The molecule has 0 aliphatic carbocycles. The summed E-state index contributed by atoms with van der Waals surface area (Å²) in [6, 6.07) is 5.69. The molecule has 8 heteroatoms. The second-order valence-electron chi connectivity index (χ2n) is 5.27. The number of halogens is 4. The van der Waals surface area contributed by atoms with Crippen molar-refractivity contribution >= 4 is 11.6 Å². The van der Waals surface area contributed by atoms with E-state index in [1.165, 1.54) is 23.1 Å². The van der Waals surface area contributed by atoms with Crippen LogP contribution < -0.4 is 27.4 Å². The molecule has 1 unspecified atom stereocenters. The van der Waals surface area contributed by atoms with Crippen LogP contribution in [0.15, 0.2) is 24.3 Å². The Bertz CT molecular complexity index is 526. The number of ether oxygens (including phenoxy) is 1. The Morgan fingerprint density at radius 3 is 2.78 bits per heavy atom. The molecule has 1 saturated heterocycles. The Morgan fingerprint density at radius 1 is 1.39 bits per heavy atom. The molecule has 0 bridgehead atoms. The van der Waals surface area contributed by atoms with Gasteiger partial charge in [-0.15, -0.1) is 13.2 Å². The number of unbranched alkanes of at least 4 members (excludes halogenated alkanes) is 1. The average Bonchev–Trinajstić information content (AvgIpc) is 2.45. The fourth-order valence-electron chi connectivity index (χ4n) is 2.46. The molecular weight excluding hydrogens is 333 g/mol. The van der Waals surface area contributed by atoms with Gasteiger partial charge in [0.25, 0.3) is 0 Å². The van der Waals surface area contributed by atoms with Gasteiger partial charge in [-0.1, -0.05) is 25.8 Å². The number of carbonyl (C=O) groups excluding carboxylic acids is 1. The predicted molar refractivity (Wildman–Crippen MR) is 76.8 cm³/mol. The normalized spacial score (nSPS) is 18.5. The van der Waals surface area contributed by atoms with Crippen molar-refractivity contribution in [3.8, 4) is 5.75 Å². The summed E-state index contributed by atoms with van der Waals surface area (Å²) < 4.78 is 40.7. The minimum atomic E-state index is -4.74. The van der Waals surface area contributed by atoms with Crippen molar-refractivity contribution in [2.75, 3.05) is 18.0 Å². The lowest BCUT2D eigenvalue weighted by Crippen LogP contribution is -3.00. The van der Waals surface area contributed by atoms with Crippen LogP contribution in [0.3, 0.4) is 0 Å². The molecule has 1 N–H and O–H groups in total. The quantitative estimate of drug-likeness (QED) is 0.817. The van der Waals surface area contributed by atoms with Gasteiger partial charge in [0.2, 0.25) is 5.91 Å². The van der Waals surface area contributed by atoms with Crippen molar-refractivity contribution < 1.29 is 35.1 Å². The third kappa shape index (κ3) is 5.91. The van der Waals surface area contributed by atoms with Gasteiger partial charge in [-0.3, -0.25) is 4.79 Å². The summed E-state index contributed by atoms with van der Waals surface area (Å²) in [5.74, 6) is -0.474. The molecular formula is C15H19ClF3N2O2-. The Balaban J connectivity index is 0.00000264. The molecule has 0 radical (unpaired) electrons. The number of anilines is 1. The zero-order valence-electron chi connectivity index (χ0n) is 12.7. The number of hydrogen-bond acceptors (Lipinski definition) is 3. The molecule has 23 heavy (non-hydrogen) atoms. The van der Waals surface area contributed by atoms with Crippen LogP contribution in [0.2, 0.25) is 0 Å². The maximum atomic E-state index is 12.3. The highest BCUT2D eigenvalue weighted by Gasteiger charge is 2.32. The van der Waals surface area contributed by atoms with E-state index in [0.29, 0.717) is 12.2 Å². The first-order valence-corrected chi connectivity index (χ1v) is 7.28. The molecule has 1 fully saturated rings. The van der Waals surface area contributed by atoms with E-state index < -0.39 is 6.36 Å². The molecule has 130 valence electrons. The van der Waals surface area contributed by atoms with E-state index in [9.17, 15) is 18.0 Å². The summed E-state index contributed by atoms with van der Waals surface area (Å²) >= 11 is 0. The first kappa shape index (κ1) is 19.6. The van der Waals surface area contributed by atoms with Crippen LogP contribution in [0, 0.1) is 0 Å². The fourth-order valence-corrected chi connectivity index (χ4v) is 2.46. The van der Waals surface area contributed by atoms with Crippen LogP contribution in [-0.4, -0.2) is 31.4 Å². The topological polar surface area (TPSA) is 41.6 Å². The van der Waals surface area contributed by atoms with Crippen molar-refractivity contribution in [2.24, 2.45) is 0 Å². The lowest BCUT2D eigenvalue weighted by Gasteiger charge is -2.33. The monoisotopic (exact) mass is 351 g/mol. The van der Waals surface area contributed by atoms with Gasteiger partial charge in [-0.2, -0.15) is 0 Å². The van der Waals surface area contributed by atoms with E-state index in [1.54, 1.807) is 6.07 Å². The first-order chi connectivity index (χ1) is 10.4. The first-order valence-electron chi connectivity index (χ1n) is 7.28. The summed E-state index contributed by atoms with van der Waals surface area (Å²) in [5, 5.41) is 3.15. The molecule has 1 amide bonds. The number of carbonyl (C=O) groups is 1. The Morgan fingerprint density at radius 2 is 2.13 bits per heavy atom. The highest BCUT2D eigenvalue weighted by Crippen LogP contribution is 2.27. The Hall–Kier alpha value is -1.47. The van der Waals surface area contributed by atoms with Crippen molar-refractivity contribution in [3.63, 3.8) is 0 Å². The van der Waals surface area contributed by atoms with Gasteiger partial charge >= 0.3 is 6.36 Å². The summed E-state index contributed by atoms with van der Waals surface area (Å²) in [5.41, 5.74) is 0.426. The molecule has 1 heterocycles. The molecule has 1 aromatic carbocycles. The van der Waals surface area contributed by atoms with Gasteiger partial charge in [0.1, 0.15) is 5.75 Å². The van der Waals surface area contributed by atoms with Gasteiger partial charge in [-0.25, -0.2) is 0 Å². The van der Waals surface area contributed by atoms with Crippen LogP contribution in [0.4, 0.5) is 18.9 Å². The number of hydrogen-bond donors (Lipinski definition) is 1. The number of nitrogens with zero attached hydrogens (tertiary/aromatic N) is 1. The zero-order chi connectivity index (χ0) is 16.2. The van der Waals surface area contributed by atoms with E-state index in [1.807, 2.05) is 0 Å². The van der Waals surface area contributed by atoms with Gasteiger partial charge in [0.15, 0.2) is 0 Å². The minimum Gasteiger partial charge on any atom is -1.00 e. The van der Waals surface area contributed by atoms with Gasteiger partial charge in [0, 0.05) is 24.3 Å². The van der Waals surface area contributed by atoms with Crippen LogP contribution in [0.1, 0.15) is 26.2 Å². The second kappa shape index (κ2) is 8.40. The Kier molecular flexibility index (Phi) is 7.15. The largest absolute Gasteiger partial charge is 1.00 e. The molecule has 2 rings (SSSR count). The number of rotatable bonds is 5. The SMILES string of the molecule is CCCCC1CN(c2cccc(OC(F)(F)F)c2)C(=O)CN1.[Cl-]. The van der Waals surface area contributed by atoms with Crippen molar-refractivity contribution in [1.29, 1.82) is 0 Å². The minimum absolute atomic E-state index is 0. The maximum absolute atomic E-state index is 12.3. The van der Waals surface area contributed by atoms with E-state index in [-0.39, 0.29) is 36.7 Å². The summed E-state index contributed by atoms with van der Waals surface area (Å²) in [7, 11) is 0. The number of piperazine rings is 1. The Labute approximate surface area is 139 Å². The smallest absolute Gasteiger partial charge is 0.573 e. The van der Waals surface area contributed by atoms with Crippen LogP contribution >= 0.6 is 0 Å². The second-order valence-corrected chi connectivity index (χ2v) is 5.27. The molecule has 1 aliphatic rings. The maximum Gasteiger partial charge on any atom is 0.573 e. The molecule has 1 aliphatic heterocycles. The number of benzene rings is 1. The van der Waals surface area contributed by atoms with E-state index in [2.05, 4.69) is 17.0 Å². The molecule has 1 atom stereocenters. The highest BCUT2D eigenvalue weighted by atomic mass is 35.5. The van der Waals surface area contributed by atoms with E-state index in [0.717, 1.165) is 19.3 Å². The predicted octanol–water partition coefficient (Wildman–Crippen LogP) is 0.0842. The van der Waals surface area contributed by atoms with Crippen molar-refractivity contribution in [3.05, 3.63) is 24.3 Å². The third-order valence-electron chi connectivity index (χ3n) is 3.51. The van der Waals surface area contributed by atoms with Crippen LogP contribution in [0.25, 0.3) is 0 Å². The molecule has 0 spiro atoms. The van der Waals surface area contributed by atoms with E-state index in [4.69, 9.17) is 0 Å². The third-order valence-corrected chi connectivity index (χ3v) is 3.51. The lowest BCUT2D eigenvalue weighted by atomic mass is 10.1. The van der Waals surface area contributed by atoms with Gasteiger partial charge in [-0.05, 0) is 18.6 Å². The van der Waals surface area contributed by atoms with Crippen LogP contribution in [-0.2, 0) is 4.79 Å².